The van der Waals surface area contributed by atoms with E-state index in [9.17, 15) is 10.1 Å². The highest BCUT2D eigenvalue weighted by Gasteiger charge is 2.13. The molecule has 6 heteroatoms. The molecule has 3 rings (SSSR count). The summed E-state index contributed by atoms with van der Waals surface area (Å²) < 4.78 is 6.09. The number of carbonyl (C=O) groups is 1. The van der Waals surface area contributed by atoms with Crippen molar-refractivity contribution in [2.75, 3.05) is 12.4 Å². The largest absolute Gasteiger partial charge is 0.497 e. The molecule has 0 atom stereocenters. The summed E-state index contributed by atoms with van der Waals surface area (Å²) in [5.74, 6) is 0.236. The summed E-state index contributed by atoms with van der Waals surface area (Å²) in [6.45, 7) is 1.97. The van der Waals surface area contributed by atoms with Gasteiger partial charge in [-0.2, -0.15) is 5.26 Å². The van der Waals surface area contributed by atoms with Crippen molar-refractivity contribution in [2.45, 2.75) is 6.92 Å². The summed E-state index contributed by atoms with van der Waals surface area (Å²) in [6, 6.07) is 14.9. The second-order valence-corrected chi connectivity index (χ2v) is 6.37. The van der Waals surface area contributed by atoms with Crippen LogP contribution in [0.3, 0.4) is 0 Å². The van der Waals surface area contributed by atoms with Crippen molar-refractivity contribution in [1.82, 2.24) is 4.98 Å². The number of anilines is 1. The number of nitriles is 1. The third kappa shape index (κ3) is 3.67. The Morgan fingerprint density at radius 3 is 2.68 bits per heavy atom. The number of nitrogens with zero attached hydrogens (tertiary/aromatic N) is 2. The normalized spacial score (nSPS) is 11.2. The average Bonchev–Trinajstić information content (AvgIpc) is 3.04. The van der Waals surface area contributed by atoms with Crippen LogP contribution in [-0.2, 0) is 4.79 Å². The zero-order valence-corrected chi connectivity index (χ0v) is 14.6. The SMILES string of the molecule is COc1ccc(/C=C(\C#N)C(=O)Nc2nc3c(C)cccc3s2)cc1. The summed E-state index contributed by atoms with van der Waals surface area (Å²) in [7, 11) is 1.58. The van der Waals surface area contributed by atoms with Crippen molar-refractivity contribution < 1.29 is 9.53 Å². The maximum Gasteiger partial charge on any atom is 0.268 e. The van der Waals surface area contributed by atoms with E-state index in [2.05, 4.69) is 10.3 Å². The number of benzene rings is 2. The van der Waals surface area contributed by atoms with Gasteiger partial charge in [0.05, 0.1) is 17.3 Å². The van der Waals surface area contributed by atoms with Gasteiger partial charge in [0.15, 0.2) is 5.13 Å². The van der Waals surface area contributed by atoms with E-state index in [1.807, 2.05) is 31.2 Å². The zero-order valence-electron chi connectivity index (χ0n) is 13.7. The topological polar surface area (TPSA) is 75.0 Å². The summed E-state index contributed by atoms with van der Waals surface area (Å²) >= 11 is 1.38. The lowest BCUT2D eigenvalue weighted by Crippen LogP contribution is -2.13. The summed E-state index contributed by atoms with van der Waals surface area (Å²) in [5, 5.41) is 12.5. The van der Waals surface area contributed by atoms with Crippen LogP contribution in [-0.4, -0.2) is 18.0 Å². The van der Waals surface area contributed by atoms with Crippen LogP contribution in [0.5, 0.6) is 5.75 Å². The molecule has 0 saturated carbocycles. The number of amides is 1. The second-order valence-electron chi connectivity index (χ2n) is 5.34. The first-order chi connectivity index (χ1) is 12.1. The van der Waals surface area contributed by atoms with E-state index in [0.717, 1.165) is 21.3 Å². The minimum absolute atomic E-state index is 0.0149. The van der Waals surface area contributed by atoms with Crippen LogP contribution in [0.4, 0.5) is 5.13 Å². The third-order valence-electron chi connectivity index (χ3n) is 3.63. The maximum absolute atomic E-state index is 12.4. The van der Waals surface area contributed by atoms with Crippen LogP contribution in [0.25, 0.3) is 16.3 Å². The number of hydrogen-bond donors (Lipinski definition) is 1. The second kappa shape index (κ2) is 7.16. The van der Waals surface area contributed by atoms with Gasteiger partial charge in [-0.3, -0.25) is 10.1 Å². The Labute approximate surface area is 149 Å². The molecule has 5 nitrogen and oxygen atoms in total. The summed E-state index contributed by atoms with van der Waals surface area (Å²) in [5.41, 5.74) is 2.66. The van der Waals surface area contributed by atoms with Gasteiger partial charge in [-0.25, -0.2) is 4.98 Å². The monoisotopic (exact) mass is 349 g/mol. The average molecular weight is 349 g/mol. The van der Waals surface area contributed by atoms with Gasteiger partial charge in [0, 0.05) is 0 Å². The fraction of sp³-hybridized carbons (Fsp3) is 0.105. The smallest absolute Gasteiger partial charge is 0.268 e. The molecule has 124 valence electrons. The first kappa shape index (κ1) is 16.7. The van der Waals surface area contributed by atoms with Crippen LogP contribution in [0, 0.1) is 18.3 Å². The van der Waals surface area contributed by atoms with Crippen molar-refractivity contribution in [2.24, 2.45) is 0 Å². The molecule has 1 aromatic heterocycles. The number of methoxy groups -OCH3 is 1. The molecule has 0 radical (unpaired) electrons. The summed E-state index contributed by atoms with van der Waals surface area (Å²) in [4.78, 5) is 16.8. The maximum atomic E-state index is 12.4. The Balaban J connectivity index is 1.82. The lowest BCUT2D eigenvalue weighted by Gasteiger charge is -2.01. The van der Waals surface area contributed by atoms with Gasteiger partial charge in [-0.1, -0.05) is 35.6 Å². The molecule has 0 bridgehead atoms. The first-order valence-electron chi connectivity index (χ1n) is 7.54. The van der Waals surface area contributed by atoms with Gasteiger partial charge in [0.1, 0.15) is 17.4 Å². The number of fused-ring (bicyclic) bond motifs is 1. The standard InChI is InChI=1S/C19H15N3O2S/c1-12-4-3-5-16-17(12)21-19(25-16)22-18(23)14(11-20)10-13-6-8-15(24-2)9-7-13/h3-10H,1-2H3,(H,21,22,23)/b14-10+. The Bertz CT molecular complexity index is 998. The zero-order chi connectivity index (χ0) is 17.8. The number of ether oxygens (including phenoxy) is 1. The molecular weight excluding hydrogens is 334 g/mol. The molecule has 2 aromatic carbocycles. The van der Waals surface area contributed by atoms with Gasteiger partial charge in [0.25, 0.3) is 5.91 Å². The highest BCUT2D eigenvalue weighted by molar-refractivity contribution is 7.22. The predicted octanol–water partition coefficient (Wildman–Crippen LogP) is 4.16. The minimum atomic E-state index is -0.477. The highest BCUT2D eigenvalue weighted by Crippen LogP contribution is 2.28. The fourth-order valence-electron chi connectivity index (χ4n) is 2.32. The molecule has 3 aromatic rings. The Hall–Kier alpha value is -3.17. The Kier molecular flexibility index (Phi) is 4.78. The number of para-hydroxylation sites is 1. The quantitative estimate of drug-likeness (QED) is 0.567. The molecule has 0 aliphatic rings. The number of hydrogen-bond acceptors (Lipinski definition) is 5. The summed E-state index contributed by atoms with van der Waals surface area (Å²) in [6.07, 6.45) is 1.54. The van der Waals surface area contributed by atoms with E-state index in [-0.39, 0.29) is 5.57 Å². The van der Waals surface area contributed by atoms with E-state index < -0.39 is 5.91 Å². The van der Waals surface area contributed by atoms with Crippen molar-refractivity contribution >= 4 is 38.7 Å². The van der Waals surface area contributed by atoms with Gasteiger partial charge < -0.3 is 4.74 Å². The van der Waals surface area contributed by atoms with Crippen LogP contribution in [0.15, 0.2) is 48.0 Å². The van der Waals surface area contributed by atoms with E-state index in [4.69, 9.17) is 4.74 Å². The molecule has 0 aliphatic carbocycles. The molecule has 25 heavy (non-hydrogen) atoms. The molecule has 0 fully saturated rings. The molecule has 1 heterocycles. The van der Waals surface area contributed by atoms with E-state index in [0.29, 0.717) is 10.9 Å². The number of carbonyl (C=O) groups excluding carboxylic acids is 1. The molecule has 0 spiro atoms. The predicted molar refractivity (Wildman–Crippen MR) is 99.6 cm³/mol. The number of rotatable bonds is 4. The molecule has 0 unspecified atom stereocenters. The molecule has 1 amide bonds. The Morgan fingerprint density at radius 1 is 1.28 bits per heavy atom. The van der Waals surface area contributed by atoms with Crippen LogP contribution < -0.4 is 10.1 Å². The number of thiazole rings is 1. The number of nitrogens with one attached hydrogen (secondary N) is 1. The fourth-order valence-corrected chi connectivity index (χ4v) is 3.26. The van der Waals surface area contributed by atoms with Crippen molar-refractivity contribution in [3.05, 3.63) is 59.2 Å². The first-order valence-corrected chi connectivity index (χ1v) is 8.35. The minimum Gasteiger partial charge on any atom is -0.497 e. The Morgan fingerprint density at radius 2 is 2.04 bits per heavy atom. The molecule has 0 saturated heterocycles. The van der Waals surface area contributed by atoms with Crippen LogP contribution >= 0.6 is 11.3 Å². The van der Waals surface area contributed by atoms with Crippen molar-refractivity contribution in [1.29, 1.82) is 5.26 Å². The third-order valence-corrected chi connectivity index (χ3v) is 4.57. The van der Waals surface area contributed by atoms with E-state index in [1.54, 1.807) is 31.4 Å². The molecular formula is C19H15N3O2S. The van der Waals surface area contributed by atoms with Gasteiger partial charge in [-0.15, -0.1) is 0 Å². The van der Waals surface area contributed by atoms with E-state index in [1.165, 1.54) is 17.4 Å². The highest BCUT2D eigenvalue weighted by atomic mass is 32.1. The van der Waals surface area contributed by atoms with Crippen LogP contribution in [0.2, 0.25) is 0 Å². The van der Waals surface area contributed by atoms with Crippen LogP contribution in [0.1, 0.15) is 11.1 Å². The lowest BCUT2D eigenvalue weighted by atomic mass is 10.1. The number of aromatic nitrogens is 1. The molecule has 0 aliphatic heterocycles. The molecule has 1 N–H and O–H groups in total. The van der Waals surface area contributed by atoms with E-state index >= 15 is 0 Å². The van der Waals surface area contributed by atoms with Gasteiger partial charge in [-0.05, 0) is 42.3 Å². The van der Waals surface area contributed by atoms with Crippen molar-refractivity contribution in [3.63, 3.8) is 0 Å². The van der Waals surface area contributed by atoms with Gasteiger partial charge >= 0.3 is 0 Å². The van der Waals surface area contributed by atoms with Crippen molar-refractivity contribution in [3.8, 4) is 11.8 Å². The number of aryl methyl sites for hydroxylation is 1. The van der Waals surface area contributed by atoms with Gasteiger partial charge in [0.2, 0.25) is 0 Å². The lowest BCUT2D eigenvalue weighted by molar-refractivity contribution is -0.112.